The van der Waals surface area contributed by atoms with E-state index in [1.54, 1.807) is 11.7 Å². The van der Waals surface area contributed by atoms with Gasteiger partial charge in [0.2, 0.25) is 10.5 Å². The minimum atomic E-state index is -0.0295. The van der Waals surface area contributed by atoms with Crippen LogP contribution in [-0.2, 0) is 18.0 Å². The number of ether oxygens (including phenoxy) is 1. The maximum atomic E-state index is 13.1. The standard InChI is InChI=1S/C20H27N5O2S/c1-15-8-11-22(12-9-15)14-24-20(28)25-17-7-4-3-6-16(17)18(26)23(19(25)21-24)10-5-13-27-2/h3-4,6-7,15H,5,8-14H2,1-2H3. The van der Waals surface area contributed by atoms with E-state index >= 15 is 0 Å². The van der Waals surface area contributed by atoms with Crippen LogP contribution >= 0.6 is 12.2 Å². The van der Waals surface area contributed by atoms with Crippen molar-refractivity contribution in [2.45, 2.75) is 39.4 Å². The first-order chi connectivity index (χ1) is 13.6. The van der Waals surface area contributed by atoms with Gasteiger partial charge in [0.1, 0.15) is 0 Å². The van der Waals surface area contributed by atoms with Gasteiger partial charge in [-0.25, -0.2) is 4.68 Å². The van der Waals surface area contributed by atoms with Gasteiger partial charge in [0.15, 0.2) is 0 Å². The summed E-state index contributed by atoms with van der Waals surface area (Å²) in [6.45, 7) is 6.22. The van der Waals surface area contributed by atoms with Gasteiger partial charge >= 0.3 is 0 Å². The topological polar surface area (TPSA) is 56.7 Å². The number of rotatable bonds is 6. The Hall–Kier alpha value is -2.03. The van der Waals surface area contributed by atoms with Crippen molar-refractivity contribution in [3.63, 3.8) is 0 Å². The van der Waals surface area contributed by atoms with Crippen LogP contribution < -0.4 is 5.56 Å². The van der Waals surface area contributed by atoms with Crippen molar-refractivity contribution in [3.05, 3.63) is 39.4 Å². The highest BCUT2D eigenvalue weighted by atomic mass is 32.1. The first kappa shape index (κ1) is 19.3. The molecule has 7 nitrogen and oxygen atoms in total. The molecule has 4 rings (SSSR count). The number of piperidine rings is 1. The molecule has 0 spiro atoms. The van der Waals surface area contributed by atoms with E-state index in [0.717, 1.165) is 30.9 Å². The summed E-state index contributed by atoms with van der Waals surface area (Å²) in [4.78, 5) is 15.5. The SMILES string of the molecule is COCCCn1c(=O)c2ccccc2n2c(=S)n(CN3CCC(C)CC3)nc12. The number of para-hydroxylation sites is 1. The van der Waals surface area contributed by atoms with Crippen LogP contribution in [0.3, 0.4) is 0 Å². The largest absolute Gasteiger partial charge is 0.385 e. The molecular formula is C20H27N5O2S. The Balaban J connectivity index is 1.82. The molecule has 0 atom stereocenters. The zero-order valence-electron chi connectivity index (χ0n) is 16.5. The van der Waals surface area contributed by atoms with Gasteiger partial charge in [-0.1, -0.05) is 19.1 Å². The third kappa shape index (κ3) is 3.52. The average Bonchev–Trinajstić information content (AvgIpc) is 3.02. The van der Waals surface area contributed by atoms with Crippen LogP contribution in [0.15, 0.2) is 29.1 Å². The first-order valence-electron chi connectivity index (χ1n) is 9.92. The molecule has 0 bridgehead atoms. The number of likely N-dealkylation sites (tertiary alicyclic amines) is 1. The van der Waals surface area contributed by atoms with E-state index < -0.39 is 0 Å². The molecule has 150 valence electrons. The molecule has 3 aromatic rings. The third-order valence-corrected chi connectivity index (χ3v) is 6.02. The summed E-state index contributed by atoms with van der Waals surface area (Å²) in [7, 11) is 1.67. The number of benzene rings is 1. The van der Waals surface area contributed by atoms with Crippen LogP contribution in [0.25, 0.3) is 16.7 Å². The summed E-state index contributed by atoms with van der Waals surface area (Å²) < 4.78 is 11.3. The Labute approximate surface area is 169 Å². The number of methoxy groups -OCH3 is 1. The number of hydrogen-bond acceptors (Lipinski definition) is 5. The lowest BCUT2D eigenvalue weighted by Crippen LogP contribution is -2.34. The first-order valence-corrected chi connectivity index (χ1v) is 10.3. The lowest BCUT2D eigenvalue weighted by Gasteiger charge is -2.29. The van der Waals surface area contributed by atoms with E-state index in [4.69, 9.17) is 22.1 Å². The zero-order valence-corrected chi connectivity index (χ0v) is 17.3. The fraction of sp³-hybridized carbons (Fsp3) is 0.550. The van der Waals surface area contributed by atoms with Gasteiger partial charge in [-0.05, 0) is 49.5 Å². The van der Waals surface area contributed by atoms with E-state index in [1.807, 2.05) is 33.3 Å². The molecule has 2 aromatic heterocycles. The van der Waals surface area contributed by atoms with Crippen LogP contribution in [-0.4, -0.2) is 50.5 Å². The van der Waals surface area contributed by atoms with Gasteiger partial charge in [0, 0.05) is 33.4 Å². The van der Waals surface area contributed by atoms with Crippen molar-refractivity contribution >= 4 is 28.9 Å². The quantitative estimate of drug-likeness (QED) is 0.470. The van der Waals surface area contributed by atoms with Gasteiger partial charge in [0.05, 0.1) is 17.6 Å². The zero-order chi connectivity index (χ0) is 19.7. The lowest BCUT2D eigenvalue weighted by molar-refractivity contribution is 0.146. The minimum absolute atomic E-state index is 0.0295. The minimum Gasteiger partial charge on any atom is -0.385 e. The van der Waals surface area contributed by atoms with Gasteiger partial charge in [-0.2, -0.15) is 0 Å². The van der Waals surface area contributed by atoms with Gasteiger partial charge in [-0.3, -0.25) is 18.7 Å². The highest BCUT2D eigenvalue weighted by Gasteiger charge is 2.19. The smallest absolute Gasteiger partial charge is 0.262 e. The Morgan fingerprint density at radius 1 is 1.25 bits per heavy atom. The second kappa shape index (κ2) is 8.14. The maximum absolute atomic E-state index is 13.1. The fourth-order valence-electron chi connectivity index (χ4n) is 3.92. The molecule has 0 aliphatic carbocycles. The summed E-state index contributed by atoms with van der Waals surface area (Å²) >= 11 is 5.78. The van der Waals surface area contributed by atoms with Crippen LogP contribution in [0.1, 0.15) is 26.2 Å². The molecular weight excluding hydrogens is 374 g/mol. The van der Waals surface area contributed by atoms with Crippen LogP contribution in [0.4, 0.5) is 0 Å². The fourth-order valence-corrected chi connectivity index (χ4v) is 4.20. The van der Waals surface area contributed by atoms with E-state index in [0.29, 0.717) is 35.8 Å². The van der Waals surface area contributed by atoms with Crippen LogP contribution in [0, 0.1) is 10.7 Å². The molecule has 1 aliphatic heterocycles. The number of nitrogens with zero attached hydrogens (tertiary/aromatic N) is 5. The Bertz CT molecular complexity index is 1090. The number of fused-ring (bicyclic) bond motifs is 3. The monoisotopic (exact) mass is 401 g/mol. The van der Waals surface area contributed by atoms with Crippen molar-refractivity contribution in [1.82, 2.24) is 23.6 Å². The molecule has 1 aliphatic rings. The summed E-state index contributed by atoms with van der Waals surface area (Å²) in [5, 5.41) is 5.43. The van der Waals surface area contributed by atoms with Crippen molar-refractivity contribution in [2.24, 2.45) is 5.92 Å². The number of aryl methyl sites for hydroxylation is 1. The highest BCUT2D eigenvalue weighted by Crippen LogP contribution is 2.18. The van der Waals surface area contributed by atoms with Crippen molar-refractivity contribution < 1.29 is 4.74 Å². The summed E-state index contributed by atoms with van der Waals surface area (Å²) in [6.07, 6.45) is 3.14. The molecule has 0 amide bonds. The molecule has 0 N–H and O–H groups in total. The molecule has 8 heteroatoms. The molecule has 0 saturated carbocycles. The maximum Gasteiger partial charge on any atom is 0.262 e. The van der Waals surface area contributed by atoms with Crippen molar-refractivity contribution in [3.8, 4) is 0 Å². The molecule has 0 radical (unpaired) electrons. The molecule has 1 aromatic carbocycles. The van der Waals surface area contributed by atoms with E-state index in [2.05, 4.69) is 11.8 Å². The normalized spacial score (nSPS) is 16.4. The molecule has 0 unspecified atom stereocenters. The van der Waals surface area contributed by atoms with Crippen LogP contribution in [0.2, 0.25) is 0 Å². The van der Waals surface area contributed by atoms with Crippen LogP contribution in [0.5, 0.6) is 0 Å². The average molecular weight is 402 g/mol. The lowest BCUT2D eigenvalue weighted by atomic mass is 10.00. The van der Waals surface area contributed by atoms with E-state index in [9.17, 15) is 4.79 Å². The van der Waals surface area contributed by atoms with E-state index in [1.165, 1.54) is 12.8 Å². The molecule has 1 saturated heterocycles. The molecule has 1 fully saturated rings. The second-order valence-electron chi connectivity index (χ2n) is 7.68. The Kier molecular flexibility index (Phi) is 5.61. The van der Waals surface area contributed by atoms with Crippen molar-refractivity contribution in [2.75, 3.05) is 26.8 Å². The number of hydrogen-bond donors (Lipinski definition) is 0. The van der Waals surface area contributed by atoms with Crippen molar-refractivity contribution in [1.29, 1.82) is 0 Å². The second-order valence-corrected chi connectivity index (χ2v) is 8.04. The molecule has 3 heterocycles. The third-order valence-electron chi connectivity index (χ3n) is 5.62. The Morgan fingerprint density at radius 2 is 2.00 bits per heavy atom. The van der Waals surface area contributed by atoms with Gasteiger partial charge in [-0.15, -0.1) is 5.10 Å². The predicted molar refractivity (Wildman–Crippen MR) is 112 cm³/mol. The summed E-state index contributed by atoms with van der Waals surface area (Å²) in [6, 6.07) is 7.61. The highest BCUT2D eigenvalue weighted by molar-refractivity contribution is 7.71. The summed E-state index contributed by atoms with van der Waals surface area (Å²) in [5.41, 5.74) is 0.784. The molecule has 28 heavy (non-hydrogen) atoms. The number of aromatic nitrogens is 4. The predicted octanol–water partition coefficient (Wildman–Crippen LogP) is 2.91. The van der Waals surface area contributed by atoms with Gasteiger partial charge < -0.3 is 4.74 Å². The Morgan fingerprint density at radius 3 is 2.75 bits per heavy atom. The van der Waals surface area contributed by atoms with Gasteiger partial charge in [0.25, 0.3) is 5.56 Å². The summed E-state index contributed by atoms with van der Waals surface area (Å²) in [5.74, 6) is 1.38. The van der Waals surface area contributed by atoms with E-state index in [-0.39, 0.29) is 5.56 Å².